The number of rotatable bonds is 2. The standard InChI is InChI=1S/C9H16N4/c1-6(2)13-9(10)8(11-12-13)7-4-3-5-7/h6-7H,3-5,10H2,1-2H3. The normalized spacial score (nSPS) is 17.8. The topological polar surface area (TPSA) is 56.7 Å². The van der Waals surface area contributed by atoms with Gasteiger partial charge in [-0.25, -0.2) is 4.68 Å². The molecule has 4 nitrogen and oxygen atoms in total. The predicted octanol–water partition coefficient (Wildman–Crippen LogP) is 1.71. The molecule has 0 atom stereocenters. The third kappa shape index (κ3) is 1.30. The zero-order chi connectivity index (χ0) is 9.42. The van der Waals surface area contributed by atoms with Crippen LogP contribution >= 0.6 is 0 Å². The van der Waals surface area contributed by atoms with Crippen LogP contribution in [0.25, 0.3) is 0 Å². The lowest BCUT2D eigenvalue weighted by atomic mass is 9.83. The second kappa shape index (κ2) is 3.01. The molecule has 72 valence electrons. The van der Waals surface area contributed by atoms with E-state index >= 15 is 0 Å². The Kier molecular flexibility index (Phi) is 1.98. The summed E-state index contributed by atoms with van der Waals surface area (Å²) in [4.78, 5) is 0. The number of aromatic nitrogens is 3. The number of nitrogen functional groups attached to an aromatic ring is 1. The Hall–Kier alpha value is -1.06. The van der Waals surface area contributed by atoms with Crippen LogP contribution in [0.4, 0.5) is 5.82 Å². The highest BCUT2D eigenvalue weighted by molar-refractivity contribution is 5.37. The highest BCUT2D eigenvalue weighted by Gasteiger charge is 2.26. The quantitative estimate of drug-likeness (QED) is 0.753. The first kappa shape index (κ1) is 8.53. The van der Waals surface area contributed by atoms with Gasteiger partial charge >= 0.3 is 0 Å². The molecular formula is C9H16N4. The van der Waals surface area contributed by atoms with Crippen molar-refractivity contribution in [1.29, 1.82) is 0 Å². The largest absolute Gasteiger partial charge is 0.382 e. The molecule has 1 aliphatic carbocycles. The molecule has 2 N–H and O–H groups in total. The molecule has 1 aromatic rings. The van der Waals surface area contributed by atoms with Gasteiger partial charge in [-0.2, -0.15) is 0 Å². The summed E-state index contributed by atoms with van der Waals surface area (Å²) in [5.41, 5.74) is 6.97. The molecule has 0 spiro atoms. The Morgan fingerprint density at radius 3 is 2.54 bits per heavy atom. The number of hydrogen-bond acceptors (Lipinski definition) is 3. The van der Waals surface area contributed by atoms with Crippen molar-refractivity contribution in [3.05, 3.63) is 5.69 Å². The summed E-state index contributed by atoms with van der Waals surface area (Å²) in [5.74, 6) is 1.34. The third-order valence-electron chi connectivity index (χ3n) is 2.74. The zero-order valence-electron chi connectivity index (χ0n) is 8.20. The van der Waals surface area contributed by atoms with Gasteiger partial charge < -0.3 is 5.73 Å². The minimum absolute atomic E-state index is 0.307. The Morgan fingerprint density at radius 1 is 1.46 bits per heavy atom. The van der Waals surface area contributed by atoms with Crippen LogP contribution in [-0.2, 0) is 0 Å². The summed E-state index contributed by atoms with van der Waals surface area (Å²) in [6.45, 7) is 4.13. The van der Waals surface area contributed by atoms with Crippen LogP contribution in [0.15, 0.2) is 0 Å². The summed E-state index contributed by atoms with van der Waals surface area (Å²) in [7, 11) is 0. The third-order valence-corrected chi connectivity index (χ3v) is 2.74. The van der Waals surface area contributed by atoms with Crippen LogP contribution in [0.3, 0.4) is 0 Å². The number of nitrogens with two attached hydrogens (primary N) is 1. The van der Waals surface area contributed by atoms with Crippen LogP contribution in [0.5, 0.6) is 0 Å². The minimum Gasteiger partial charge on any atom is -0.382 e. The zero-order valence-corrected chi connectivity index (χ0v) is 8.20. The van der Waals surface area contributed by atoms with Crippen molar-refractivity contribution in [1.82, 2.24) is 15.0 Å². The van der Waals surface area contributed by atoms with Crippen molar-refractivity contribution in [2.24, 2.45) is 0 Å². The van der Waals surface area contributed by atoms with E-state index in [-0.39, 0.29) is 0 Å². The molecule has 1 heterocycles. The van der Waals surface area contributed by atoms with Gasteiger partial charge in [-0.15, -0.1) is 5.10 Å². The van der Waals surface area contributed by atoms with Crippen LogP contribution in [0.2, 0.25) is 0 Å². The first-order valence-corrected chi connectivity index (χ1v) is 4.90. The molecule has 1 aromatic heterocycles. The maximum Gasteiger partial charge on any atom is 0.146 e. The number of nitrogens with zero attached hydrogens (tertiary/aromatic N) is 3. The molecule has 1 saturated carbocycles. The second-order valence-corrected chi connectivity index (χ2v) is 4.03. The lowest BCUT2D eigenvalue weighted by Crippen LogP contribution is -2.13. The second-order valence-electron chi connectivity index (χ2n) is 4.03. The Bertz CT molecular complexity index is 299. The van der Waals surface area contributed by atoms with E-state index in [1.807, 2.05) is 0 Å². The molecule has 4 heteroatoms. The van der Waals surface area contributed by atoms with Crippen molar-refractivity contribution >= 4 is 5.82 Å². The van der Waals surface area contributed by atoms with Gasteiger partial charge in [0, 0.05) is 5.92 Å². The molecular weight excluding hydrogens is 164 g/mol. The van der Waals surface area contributed by atoms with E-state index in [1.165, 1.54) is 19.3 Å². The summed E-state index contributed by atoms with van der Waals surface area (Å²) in [6, 6.07) is 0.307. The number of hydrogen-bond donors (Lipinski definition) is 1. The highest BCUT2D eigenvalue weighted by Crippen LogP contribution is 2.37. The van der Waals surface area contributed by atoms with Crippen molar-refractivity contribution < 1.29 is 0 Å². The smallest absolute Gasteiger partial charge is 0.146 e. The first-order valence-electron chi connectivity index (χ1n) is 4.90. The van der Waals surface area contributed by atoms with Crippen molar-refractivity contribution in [2.45, 2.75) is 45.1 Å². The van der Waals surface area contributed by atoms with E-state index in [4.69, 9.17) is 5.73 Å². The minimum atomic E-state index is 0.307. The predicted molar refractivity (Wildman–Crippen MR) is 51.4 cm³/mol. The van der Waals surface area contributed by atoms with E-state index in [2.05, 4.69) is 24.2 Å². The molecule has 13 heavy (non-hydrogen) atoms. The molecule has 1 fully saturated rings. The van der Waals surface area contributed by atoms with E-state index < -0.39 is 0 Å². The average molecular weight is 180 g/mol. The number of anilines is 1. The average Bonchev–Trinajstić information content (AvgIpc) is 2.29. The summed E-state index contributed by atoms with van der Waals surface area (Å²) in [6.07, 6.45) is 3.75. The van der Waals surface area contributed by atoms with E-state index in [1.54, 1.807) is 4.68 Å². The Morgan fingerprint density at radius 2 is 2.15 bits per heavy atom. The highest BCUT2D eigenvalue weighted by atomic mass is 15.5. The summed E-state index contributed by atoms with van der Waals surface area (Å²) < 4.78 is 1.80. The molecule has 0 unspecified atom stereocenters. The van der Waals surface area contributed by atoms with Crippen LogP contribution < -0.4 is 5.73 Å². The van der Waals surface area contributed by atoms with Crippen molar-refractivity contribution in [3.8, 4) is 0 Å². The lowest BCUT2D eigenvalue weighted by molar-refractivity contribution is 0.411. The monoisotopic (exact) mass is 180 g/mol. The maximum absolute atomic E-state index is 5.95. The van der Waals surface area contributed by atoms with Crippen molar-refractivity contribution in [2.75, 3.05) is 5.73 Å². The van der Waals surface area contributed by atoms with Gasteiger partial charge in [0.2, 0.25) is 0 Å². The van der Waals surface area contributed by atoms with Gasteiger partial charge in [-0.05, 0) is 26.7 Å². The molecule has 0 radical (unpaired) electrons. The van der Waals surface area contributed by atoms with Gasteiger partial charge in [-0.1, -0.05) is 11.6 Å². The fourth-order valence-electron chi connectivity index (χ4n) is 1.67. The molecule has 0 saturated heterocycles. The van der Waals surface area contributed by atoms with Gasteiger partial charge in [0.15, 0.2) is 0 Å². The lowest BCUT2D eigenvalue weighted by Gasteiger charge is -2.23. The van der Waals surface area contributed by atoms with Gasteiger partial charge in [0.25, 0.3) is 0 Å². The fourth-order valence-corrected chi connectivity index (χ4v) is 1.67. The first-order chi connectivity index (χ1) is 6.20. The van der Waals surface area contributed by atoms with Gasteiger partial charge in [-0.3, -0.25) is 0 Å². The van der Waals surface area contributed by atoms with E-state index in [9.17, 15) is 0 Å². The molecule has 0 aromatic carbocycles. The van der Waals surface area contributed by atoms with Crippen LogP contribution in [0.1, 0.15) is 50.8 Å². The van der Waals surface area contributed by atoms with Gasteiger partial charge in [0.1, 0.15) is 11.5 Å². The summed E-state index contributed by atoms with van der Waals surface area (Å²) >= 11 is 0. The summed E-state index contributed by atoms with van der Waals surface area (Å²) in [5, 5.41) is 8.21. The van der Waals surface area contributed by atoms with Crippen LogP contribution in [0, 0.1) is 0 Å². The van der Waals surface area contributed by atoms with Crippen molar-refractivity contribution in [3.63, 3.8) is 0 Å². The maximum atomic E-state index is 5.95. The van der Waals surface area contributed by atoms with Crippen LogP contribution in [-0.4, -0.2) is 15.0 Å². The van der Waals surface area contributed by atoms with Gasteiger partial charge in [0.05, 0.1) is 6.04 Å². The fraction of sp³-hybridized carbons (Fsp3) is 0.778. The van der Waals surface area contributed by atoms with E-state index in [0.717, 1.165) is 11.5 Å². The molecule has 0 aliphatic heterocycles. The van der Waals surface area contributed by atoms with E-state index in [0.29, 0.717) is 12.0 Å². The molecule has 0 amide bonds. The Balaban J connectivity index is 2.27. The molecule has 2 rings (SSSR count). The SMILES string of the molecule is CC(C)n1nnc(C2CCC2)c1N. The molecule has 1 aliphatic rings. The Labute approximate surface area is 78.1 Å². The molecule has 0 bridgehead atoms.